The number of hydrogen-bond donors (Lipinski definition) is 1. The third kappa shape index (κ3) is 6.07. The summed E-state index contributed by atoms with van der Waals surface area (Å²) in [6.07, 6.45) is 2.71. The van der Waals surface area contributed by atoms with Crippen LogP contribution in [-0.2, 0) is 17.9 Å². The van der Waals surface area contributed by atoms with Gasteiger partial charge < -0.3 is 15.0 Å². The number of nitrogens with one attached hydrogen (secondary N) is 1. The van der Waals surface area contributed by atoms with Crippen LogP contribution in [0.15, 0.2) is 6.07 Å². The van der Waals surface area contributed by atoms with Crippen molar-refractivity contribution in [2.75, 3.05) is 26.2 Å². The summed E-state index contributed by atoms with van der Waals surface area (Å²) in [6, 6.07) is 2.30. The number of ether oxygens (including phenoxy) is 1. The van der Waals surface area contributed by atoms with Crippen molar-refractivity contribution in [1.82, 2.24) is 10.2 Å². The first kappa shape index (κ1) is 16.9. The van der Waals surface area contributed by atoms with E-state index in [0.29, 0.717) is 0 Å². The van der Waals surface area contributed by atoms with Gasteiger partial charge in [-0.05, 0) is 65.3 Å². The molecule has 0 radical (unpaired) electrons. The minimum Gasteiger partial charge on any atom is -0.375 e. The largest absolute Gasteiger partial charge is 0.375 e. The number of aryl methyl sites for hydroxylation is 1. The molecule has 0 aliphatic carbocycles. The number of nitrogens with zero attached hydrogens (tertiary/aromatic N) is 1. The predicted molar refractivity (Wildman–Crippen MR) is 91.0 cm³/mol. The van der Waals surface area contributed by atoms with Crippen LogP contribution in [0.3, 0.4) is 0 Å². The zero-order chi connectivity index (χ0) is 15.3. The number of rotatable bonds is 7. The molecule has 0 amide bonds. The van der Waals surface area contributed by atoms with Crippen LogP contribution >= 0.6 is 11.3 Å². The van der Waals surface area contributed by atoms with E-state index < -0.39 is 0 Å². The Hall–Kier alpha value is -0.420. The van der Waals surface area contributed by atoms with Crippen molar-refractivity contribution in [2.45, 2.75) is 59.2 Å². The molecule has 0 saturated carbocycles. The molecular weight excluding hydrogens is 280 g/mol. The lowest BCUT2D eigenvalue weighted by molar-refractivity contribution is 0.0991. The molecule has 0 bridgehead atoms. The highest BCUT2D eigenvalue weighted by molar-refractivity contribution is 7.12. The van der Waals surface area contributed by atoms with Gasteiger partial charge in [0, 0.05) is 28.4 Å². The lowest BCUT2D eigenvalue weighted by atomic mass is 10.1. The van der Waals surface area contributed by atoms with Crippen LogP contribution in [0.1, 0.15) is 48.9 Å². The molecular formula is C17H30N2OS. The fourth-order valence-corrected chi connectivity index (χ4v) is 3.54. The Morgan fingerprint density at radius 2 is 2.00 bits per heavy atom. The maximum absolute atomic E-state index is 5.87. The molecule has 3 nitrogen and oxygen atoms in total. The van der Waals surface area contributed by atoms with Crippen LogP contribution in [-0.4, -0.2) is 36.7 Å². The zero-order valence-electron chi connectivity index (χ0n) is 14.0. The van der Waals surface area contributed by atoms with Gasteiger partial charge in [-0.3, -0.25) is 0 Å². The Morgan fingerprint density at radius 1 is 1.29 bits per heavy atom. The van der Waals surface area contributed by atoms with Crippen molar-refractivity contribution in [1.29, 1.82) is 0 Å². The standard InChI is InChI=1S/C17H30N2OS/c1-14-15(11-16(21-14)12-18-17(2,3)4)13-20-10-9-19-7-5-6-8-19/h11,18H,5-10,12-13H2,1-4H3. The summed E-state index contributed by atoms with van der Waals surface area (Å²) >= 11 is 1.89. The minimum absolute atomic E-state index is 0.171. The van der Waals surface area contributed by atoms with E-state index in [-0.39, 0.29) is 5.54 Å². The molecule has 2 rings (SSSR count). The monoisotopic (exact) mass is 310 g/mol. The van der Waals surface area contributed by atoms with E-state index in [2.05, 4.69) is 44.0 Å². The van der Waals surface area contributed by atoms with E-state index in [1.165, 1.54) is 41.2 Å². The second kappa shape index (κ2) is 7.73. The Morgan fingerprint density at radius 3 is 2.67 bits per heavy atom. The van der Waals surface area contributed by atoms with Gasteiger partial charge in [-0.1, -0.05) is 0 Å². The molecule has 0 aromatic carbocycles. The normalized spacial score (nSPS) is 16.8. The predicted octanol–water partition coefficient (Wildman–Crippen LogP) is 3.56. The average molecular weight is 311 g/mol. The summed E-state index contributed by atoms with van der Waals surface area (Å²) in [4.78, 5) is 5.29. The van der Waals surface area contributed by atoms with E-state index in [1.807, 2.05) is 11.3 Å². The summed E-state index contributed by atoms with van der Waals surface area (Å²) < 4.78 is 5.87. The Kier molecular flexibility index (Phi) is 6.23. The first-order valence-electron chi connectivity index (χ1n) is 8.07. The van der Waals surface area contributed by atoms with Crippen molar-refractivity contribution in [3.63, 3.8) is 0 Å². The van der Waals surface area contributed by atoms with Crippen LogP contribution in [0.25, 0.3) is 0 Å². The number of hydrogen-bond acceptors (Lipinski definition) is 4. The molecule has 1 saturated heterocycles. The minimum atomic E-state index is 0.171. The van der Waals surface area contributed by atoms with Crippen LogP contribution < -0.4 is 5.32 Å². The molecule has 1 fully saturated rings. The topological polar surface area (TPSA) is 24.5 Å². The van der Waals surface area contributed by atoms with Crippen molar-refractivity contribution in [3.8, 4) is 0 Å². The average Bonchev–Trinajstić information content (AvgIpc) is 3.02. The lowest BCUT2D eigenvalue weighted by Gasteiger charge is -2.19. The molecule has 1 N–H and O–H groups in total. The summed E-state index contributed by atoms with van der Waals surface area (Å²) in [7, 11) is 0. The molecule has 0 unspecified atom stereocenters. The summed E-state index contributed by atoms with van der Waals surface area (Å²) in [5.41, 5.74) is 1.52. The highest BCUT2D eigenvalue weighted by atomic mass is 32.1. The van der Waals surface area contributed by atoms with Crippen molar-refractivity contribution >= 4 is 11.3 Å². The highest BCUT2D eigenvalue weighted by Gasteiger charge is 2.12. The zero-order valence-corrected chi connectivity index (χ0v) is 14.8. The van der Waals surface area contributed by atoms with Gasteiger partial charge in [-0.2, -0.15) is 0 Å². The van der Waals surface area contributed by atoms with Gasteiger partial charge in [-0.15, -0.1) is 11.3 Å². The Balaban J connectivity index is 1.71. The van der Waals surface area contributed by atoms with E-state index in [1.54, 1.807) is 0 Å². The molecule has 120 valence electrons. The first-order chi connectivity index (χ1) is 9.94. The third-order valence-electron chi connectivity index (χ3n) is 3.87. The number of likely N-dealkylation sites (tertiary alicyclic amines) is 1. The Bertz CT molecular complexity index is 430. The highest BCUT2D eigenvalue weighted by Crippen LogP contribution is 2.23. The fraction of sp³-hybridized carbons (Fsp3) is 0.765. The van der Waals surface area contributed by atoms with Gasteiger partial charge in [0.05, 0.1) is 13.2 Å². The van der Waals surface area contributed by atoms with Gasteiger partial charge in [0.2, 0.25) is 0 Å². The molecule has 1 aromatic heterocycles. The van der Waals surface area contributed by atoms with Crippen molar-refractivity contribution in [3.05, 3.63) is 21.4 Å². The Labute approximate surface area is 133 Å². The summed E-state index contributed by atoms with van der Waals surface area (Å²) in [5.74, 6) is 0. The maximum atomic E-state index is 5.87. The van der Waals surface area contributed by atoms with Crippen LogP contribution in [0.2, 0.25) is 0 Å². The molecule has 21 heavy (non-hydrogen) atoms. The number of thiophene rings is 1. The lowest BCUT2D eigenvalue weighted by Crippen LogP contribution is -2.34. The van der Waals surface area contributed by atoms with Gasteiger partial charge in [0.15, 0.2) is 0 Å². The van der Waals surface area contributed by atoms with Gasteiger partial charge in [0.25, 0.3) is 0 Å². The molecule has 0 spiro atoms. The first-order valence-corrected chi connectivity index (χ1v) is 8.89. The molecule has 1 aliphatic rings. The third-order valence-corrected chi connectivity index (χ3v) is 4.97. The smallest absolute Gasteiger partial charge is 0.0728 e. The van der Waals surface area contributed by atoms with Gasteiger partial charge in [-0.25, -0.2) is 0 Å². The molecule has 1 aliphatic heterocycles. The summed E-state index contributed by atoms with van der Waals surface area (Å²) in [6.45, 7) is 15.0. The molecule has 2 heterocycles. The maximum Gasteiger partial charge on any atom is 0.0728 e. The van der Waals surface area contributed by atoms with Crippen LogP contribution in [0, 0.1) is 6.92 Å². The fourth-order valence-electron chi connectivity index (χ4n) is 2.55. The molecule has 4 heteroatoms. The van der Waals surface area contributed by atoms with Gasteiger partial charge >= 0.3 is 0 Å². The van der Waals surface area contributed by atoms with E-state index >= 15 is 0 Å². The van der Waals surface area contributed by atoms with E-state index in [9.17, 15) is 0 Å². The van der Waals surface area contributed by atoms with E-state index in [0.717, 1.165) is 26.3 Å². The van der Waals surface area contributed by atoms with Gasteiger partial charge in [0.1, 0.15) is 0 Å². The molecule has 0 atom stereocenters. The van der Waals surface area contributed by atoms with Crippen LogP contribution in [0.4, 0.5) is 0 Å². The molecule has 1 aromatic rings. The SMILES string of the molecule is Cc1sc(CNC(C)(C)C)cc1COCCN1CCCC1. The quantitative estimate of drug-likeness (QED) is 0.779. The van der Waals surface area contributed by atoms with Crippen molar-refractivity contribution < 1.29 is 4.74 Å². The van der Waals surface area contributed by atoms with Crippen LogP contribution in [0.5, 0.6) is 0 Å². The second-order valence-electron chi connectivity index (χ2n) is 7.00. The summed E-state index contributed by atoms with van der Waals surface area (Å²) in [5, 5.41) is 3.55. The second-order valence-corrected chi connectivity index (χ2v) is 8.34. The van der Waals surface area contributed by atoms with Crippen molar-refractivity contribution in [2.24, 2.45) is 0 Å². The van der Waals surface area contributed by atoms with E-state index in [4.69, 9.17) is 4.74 Å².